The highest BCUT2D eigenvalue weighted by Gasteiger charge is 2.15. The van der Waals surface area contributed by atoms with E-state index in [0.29, 0.717) is 16.5 Å². The Kier molecular flexibility index (Phi) is 7.69. The summed E-state index contributed by atoms with van der Waals surface area (Å²) in [4.78, 5) is 36.5. The summed E-state index contributed by atoms with van der Waals surface area (Å²) in [6.07, 6.45) is 1.50. The summed E-state index contributed by atoms with van der Waals surface area (Å²) in [5.41, 5.74) is 0. The Hall–Kier alpha value is -3.00. The zero-order valence-corrected chi connectivity index (χ0v) is 15.4. The lowest BCUT2D eigenvalue weighted by atomic mass is 10.3. The number of ether oxygens (including phenoxy) is 2. The van der Waals surface area contributed by atoms with Crippen LogP contribution in [0.25, 0.3) is 0 Å². The van der Waals surface area contributed by atoms with Gasteiger partial charge in [0, 0.05) is 12.1 Å². The Bertz CT molecular complexity index is 761. The van der Waals surface area contributed by atoms with Gasteiger partial charge < -0.3 is 24.1 Å². The maximum absolute atomic E-state index is 11.9. The van der Waals surface area contributed by atoms with Gasteiger partial charge in [0.25, 0.3) is 5.91 Å². The molecule has 1 heterocycles. The molecule has 0 atom stereocenters. The fourth-order valence-corrected chi connectivity index (χ4v) is 2.05. The summed E-state index contributed by atoms with van der Waals surface area (Å²) in [5.74, 6) is -0.517. The van der Waals surface area contributed by atoms with Gasteiger partial charge in [-0.3, -0.25) is 9.59 Å². The van der Waals surface area contributed by atoms with Gasteiger partial charge in [0.1, 0.15) is 11.5 Å². The first-order valence-corrected chi connectivity index (χ1v) is 8.39. The number of hydrogen-bond donors (Lipinski definition) is 1. The molecule has 0 saturated carbocycles. The van der Waals surface area contributed by atoms with E-state index < -0.39 is 18.5 Å². The summed E-state index contributed by atoms with van der Waals surface area (Å²) in [6, 6.07) is 9.89. The standard InChI is InChI=1S/C18H19ClN2O6/c1-21(10-16(22)20-9-15-3-2-8-25-15)17(23)11-27-18(24)12-26-14-6-4-13(19)5-7-14/h2-8H,9-12H2,1H3,(H,20,22). The van der Waals surface area contributed by atoms with Crippen molar-refractivity contribution < 1.29 is 28.3 Å². The molecule has 0 aliphatic carbocycles. The van der Waals surface area contributed by atoms with E-state index in [4.69, 9.17) is 25.5 Å². The van der Waals surface area contributed by atoms with Crippen LogP contribution in [0.15, 0.2) is 47.1 Å². The Morgan fingerprint density at radius 1 is 1.15 bits per heavy atom. The summed E-state index contributed by atoms with van der Waals surface area (Å²) in [7, 11) is 1.44. The topological polar surface area (TPSA) is 98.1 Å². The van der Waals surface area contributed by atoms with Crippen molar-refractivity contribution in [1.29, 1.82) is 0 Å². The van der Waals surface area contributed by atoms with Crippen molar-refractivity contribution in [1.82, 2.24) is 10.2 Å². The smallest absolute Gasteiger partial charge is 0.344 e. The van der Waals surface area contributed by atoms with Crippen molar-refractivity contribution in [2.45, 2.75) is 6.54 Å². The highest BCUT2D eigenvalue weighted by molar-refractivity contribution is 6.30. The summed E-state index contributed by atoms with van der Waals surface area (Å²) >= 11 is 5.75. The molecular weight excluding hydrogens is 376 g/mol. The Morgan fingerprint density at radius 2 is 1.89 bits per heavy atom. The molecule has 27 heavy (non-hydrogen) atoms. The van der Waals surface area contributed by atoms with Gasteiger partial charge in [-0.15, -0.1) is 0 Å². The van der Waals surface area contributed by atoms with Crippen LogP contribution in [0.3, 0.4) is 0 Å². The third-order valence-corrected chi connectivity index (χ3v) is 3.63. The number of rotatable bonds is 9. The molecule has 2 amide bonds. The van der Waals surface area contributed by atoms with Gasteiger partial charge in [0.15, 0.2) is 13.2 Å². The molecule has 0 fully saturated rings. The molecule has 1 aromatic heterocycles. The molecule has 0 aliphatic rings. The van der Waals surface area contributed by atoms with Gasteiger partial charge in [-0.05, 0) is 36.4 Å². The number of nitrogens with one attached hydrogen (secondary N) is 1. The van der Waals surface area contributed by atoms with E-state index in [1.54, 1.807) is 36.4 Å². The molecule has 0 bridgehead atoms. The van der Waals surface area contributed by atoms with Crippen molar-refractivity contribution in [2.75, 3.05) is 26.8 Å². The number of carbonyl (C=O) groups excluding carboxylic acids is 3. The third kappa shape index (κ3) is 7.41. The lowest BCUT2D eigenvalue weighted by Crippen LogP contribution is -2.40. The van der Waals surface area contributed by atoms with Crippen LogP contribution in [0, 0.1) is 0 Å². The normalized spacial score (nSPS) is 10.1. The molecule has 0 spiro atoms. The van der Waals surface area contributed by atoms with Crippen LogP contribution in [-0.4, -0.2) is 49.5 Å². The molecule has 1 aromatic carbocycles. The van der Waals surface area contributed by atoms with Crippen molar-refractivity contribution in [2.24, 2.45) is 0 Å². The average molecular weight is 395 g/mol. The first kappa shape index (κ1) is 20.3. The molecule has 2 aromatic rings. The second-order valence-electron chi connectivity index (χ2n) is 5.51. The molecule has 8 nitrogen and oxygen atoms in total. The Morgan fingerprint density at radius 3 is 2.56 bits per heavy atom. The first-order chi connectivity index (χ1) is 12.9. The van der Waals surface area contributed by atoms with E-state index in [1.165, 1.54) is 13.3 Å². The van der Waals surface area contributed by atoms with E-state index in [-0.39, 0.29) is 25.6 Å². The molecule has 1 N–H and O–H groups in total. The highest BCUT2D eigenvalue weighted by atomic mass is 35.5. The molecule has 0 saturated heterocycles. The third-order valence-electron chi connectivity index (χ3n) is 3.37. The van der Waals surface area contributed by atoms with Crippen molar-refractivity contribution in [3.8, 4) is 5.75 Å². The van der Waals surface area contributed by atoms with E-state index in [0.717, 1.165) is 4.90 Å². The zero-order valence-electron chi connectivity index (χ0n) is 14.6. The maximum atomic E-state index is 11.9. The lowest BCUT2D eigenvalue weighted by molar-refractivity contribution is -0.153. The minimum Gasteiger partial charge on any atom is -0.482 e. The number of carbonyl (C=O) groups is 3. The number of likely N-dealkylation sites (N-methyl/N-ethyl adjacent to an activating group) is 1. The number of hydrogen-bond acceptors (Lipinski definition) is 6. The average Bonchev–Trinajstić information content (AvgIpc) is 3.17. The Labute approximate surface area is 161 Å². The number of esters is 1. The molecular formula is C18H19ClN2O6. The van der Waals surface area contributed by atoms with E-state index in [2.05, 4.69) is 5.32 Å². The van der Waals surface area contributed by atoms with E-state index >= 15 is 0 Å². The number of furan rings is 1. The quantitative estimate of drug-likeness (QED) is 0.649. The van der Waals surface area contributed by atoms with Crippen LogP contribution >= 0.6 is 11.6 Å². The van der Waals surface area contributed by atoms with Crippen molar-refractivity contribution in [3.63, 3.8) is 0 Å². The fraction of sp³-hybridized carbons (Fsp3) is 0.278. The summed E-state index contributed by atoms with van der Waals surface area (Å²) in [5, 5.41) is 3.16. The zero-order chi connectivity index (χ0) is 19.6. The van der Waals surface area contributed by atoms with Crippen LogP contribution in [0.5, 0.6) is 5.75 Å². The van der Waals surface area contributed by atoms with Gasteiger partial charge in [-0.1, -0.05) is 11.6 Å². The molecule has 0 radical (unpaired) electrons. The maximum Gasteiger partial charge on any atom is 0.344 e. The van der Waals surface area contributed by atoms with E-state index in [9.17, 15) is 14.4 Å². The van der Waals surface area contributed by atoms with Gasteiger partial charge in [-0.25, -0.2) is 4.79 Å². The number of benzene rings is 1. The highest BCUT2D eigenvalue weighted by Crippen LogP contribution is 2.15. The first-order valence-electron chi connectivity index (χ1n) is 8.01. The minimum atomic E-state index is -0.700. The van der Waals surface area contributed by atoms with Crippen LogP contribution < -0.4 is 10.1 Å². The van der Waals surface area contributed by atoms with Crippen molar-refractivity contribution >= 4 is 29.4 Å². The van der Waals surface area contributed by atoms with Crippen LogP contribution in [-0.2, 0) is 25.7 Å². The number of amides is 2. The SMILES string of the molecule is CN(CC(=O)NCc1ccco1)C(=O)COC(=O)COc1ccc(Cl)cc1. The molecule has 9 heteroatoms. The summed E-state index contributed by atoms with van der Waals surface area (Å²) in [6.45, 7) is -0.768. The number of halogens is 1. The van der Waals surface area contributed by atoms with Gasteiger partial charge >= 0.3 is 5.97 Å². The molecule has 0 aliphatic heterocycles. The fourth-order valence-electron chi connectivity index (χ4n) is 1.93. The van der Waals surface area contributed by atoms with E-state index in [1.807, 2.05) is 0 Å². The predicted octanol–water partition coefficient (Wildman–Crippen LogP) is 1.63. The monoisotopic (exact) mass is 394 g/mol. The molecule has 0 unspecified atom stereocenters. The second-order valence-corrected chi connectivity index (χ2v) is 5.95. The largest absolute Gasteiger partial charge is 0.482 e. The summed E-state index contributed by atoms with van der Waals surface area (Å²) < 4.78 is 15.2. The van der Waals surface area contributed by atoms with Gasteiger partial charge in [0.2, 0.25) is 5.91 Å². The molecule has 144 valence electrons. The van der Waals surface area contributed by atoms with Crippen LogP contribution in [0.2, 0.25) is 5.02 Å². The minimum absolute atomic E-state index is 0.168. The predicted molar refractivity (Wildman–Crippen MR) is 96.1 cm³/mol. The second kappa shape index (κ2) is 10.2. The lowest BCUT2D eigenvalue weighted by Gasteiger charge is -2.16. The van der Waals surface area contributed by atoms with Gasteiger partial charge in [0.05, 0.1) is 19.4 Å². The molecule has 2 rings (SSSR count). The van der Waals surface area contributed by atoms with Gasteiger partial charge in [-0.2, -0.15) is 0 Å². The van der Waals surface area contributed by atoms with Crippen molar-refractivity contribution in [3.05, 3.63) is 53.4 Å². The Balaban J connectivity index is 1.63. The number of nitrogens with zero attached hydrogens (tertiary/aromatic N) is 1. The van der Waals surface area contributed by atoms with Crippen LogP contribution in [0.4, 0.5) is 0 Å². The van der Waals surface area contributed by atoms with Crippen LogP contribution in [0.1, 0.15) is 5.76 Å².